The van der Waals surface area contributed by atoms with E-state index in [0.717, 1.165) is 49.7 Å². The number of carbonyl (C=O) groups is 2. The van der Waals surface area contributed by atoms with Gasteiger partial charge in [-0.1, -0.05) is 41.4 Å². The summed E-state index contributed by atoms with van der Waals surface area (Å²) in [4.78, 5) is 31.0. The Balaban J connectivity index is 1.26. The van der Waals surface area contributed by atoms with Gasteiger partial charge in [0.05, 0.1) is 18.3 Å². The van der Waals surface area contributed by atoms with Crippen molar-refractivity contribution in [2.75, 3.05) is 24.5 Å². The number of alkyl halides is 2. The van der Waals surface area contributed by atoms with Gasteiger partial charge in [-0.25, -0.2) is 14.0 Å². The fourth-order valence-electron chi connectivity index (χ4n) is 6.49. The number of para-hydroxylation sites is 1. The predicted molar refractivity (Wildman–Crippen MR) is 192 cm³/mol. The SMILES string of the molecule is CC(C)Oc1cc([C@H](Cc2c(Cl)c[n+]([O-])cc2Cl)OC(=O)c2cc(CN(C(=O)O[C@H]3CN4CCC3CC4)c3ccccc3F)cs2)ccc1OC(F)F. The smallest absolute Gasteiger partial charge is 0.415 e. The number of hydrogen-bond acceptors (Lipinski definition) is 9. The van der Waals surface area contributed by atoms with Crippen molar-refractivity contribution in [1.82, 2.24) is 4.90 Å². The molecule has 0 N–H and O–H groups in total. The topological polar surface area (TPSA) is 104 Å². The Kier molecular flexibility index (Phi) is 12.2. The van der Waals surface area contributed by atoms with Gasteiger partial charge in [0.15, 0.2) is 23.9 Å². The van der Waals surface area contributed by atoms with Crippen LogP contribution in [0.1, 0.15) is 59.2 Å². The molecule has 5 heterocycles. The summed E-state index contributed by atoms with van der Waals surface area (Å²) in [6.07, 6.45) is 1.42. The Morgan fingerprint density at radius 3 is 2.40 bits per heavy atom. The normalized spacial score (nSPS) is 18.5. The molecule has 3 fully saturated rings. The van der Waals surface area contributed by atoms with Gasteiger partial charge in [0.2, 0.25) is 0 Å². The summed E-state index contributed by atoms with van der Waals surface area (Å²) in [5.41, 5.74) is 1.18. The Hall–Kier alpha value is -4.24. The molecule has 2 bridgehead atoms. The second kappa shape index (κ2) is 16.8. The molecule has 53 heavy (non-hydrogen) atoms. The largest absolute Gasteiger partial charge is 0.619 e. The first-order valence-corrected chi connectivity index (χ1v) is 18.5. The molecule has 16 heteroatoms. The molecule has 4 aromatic rings. The molecule has 2 atom stereocenters. The van der Waals surface area contributed by atoms with E-state index in [1.54, 1.807) is 25.3 Å². The lowest BCUT2D eigenvalue weighted by Gasteiger charge is -2.44. The minimum atomic E-state index is -3.12. The number of rotatable bonds is 13. The quantitative estimate of drug-likeness (QED) is 0.0754. The number of fused-ring (bicyclic) bond motifs is 3. The van der Waals surface area contributed by atoms with Crippen LogP contribution in [0.25, 0.3) is 0 Å². The first kappa shape index (κ1) is 38.5. The average molecular weight is 795 g/mol. The van der Waals surface area contributed by atoms with Crippen molar-refractivity contribution in [2.24, 2.45) is 5.92 Å². The third-order valence-electron chi connectivity index (χ3n) is 9.02. The minimum Gasteiger partial charge on any atom is -0.619 e. The maximum Gasteiger partial charge on any atom is 0.415 e. The number of amides is 1. The average Bonchev–Trinajstić information content (AvgIpc) is 3.58. The van der Waals surface area contributed by atoms with Crippen LogP contribution in [-0.4, -0.2) is 55.4 Å². The second-order valence-corrected chi connectivity index (χ2v) is 14.8. The van der Waals surface area contributed by atoms with Crippen molar-refractivity contribution in [2.45, 2.75) is 64.6 Å². The van der Waals surface area contributed by atoms with Crippen molar-refractivity contribution in [3.05, 3.63) is 109 Å². The maximum absolute atomic E-state index is 15.1. The van der Waals surface area contributed by atoms with Crippen LogP contribution in [0.5, 0.6) is 11.5 Å². The molecule has 3 aliphatic heterocycles. The Morgan fingerprint density at radius 2 is 1.75 bits per heavy atom. The maximum atomic E-state index is 15.1. The van der Waals surface area contributed by atoms with Gasteiger partial charge in [-0.05, 0) is 92.5 Å². The van der Waals surface area contributed by atoms with Crippen molar-refractivity contribution < 1.29 is 46.4 Å². The Bertz CT molecular complexity index is 1920. The lowest BCUT2D eigenvalue weighted by atomic mass is 9.86. The zero-order valence-electron chi connectivity index (χ0n) is 28.7. The zero-order valence-corrected chi connectivity index (χ0v) is 31.0. The first-order chi connectivity index (χ1) is 25.3. The highest BCUT2D eigenvalue weighted by Crippen LogP contribution is 2.38. The van der Waals surface area contributed by atoms with Crippen LogP contribution in [0.2, 0.25) is 10.0 Å². The van der Waals surface area contributed by atoms with Crippen LogP contribution in [0.3, 0.4) is 0 Å². The molecular weight excluding hydrogens is 758 g/mol. The second-order valence-electron chi connectivity index (χ2n) is 13.1. The van der Waals surface area contributed by atoms with Gasteiger partial charge in [-0.3, -0.25) is 9.80 Å². The van der Waals surface area contributed by atoms with Crippen LogP contribution in [-0.2, 0) is 22.4 Å². The highest BCUT2D eigenvalue weighted by atomic mass is 35.5. The number of halogens is 5. The summed E-state index contributed by atoms with van der Waals surface area (Å²) in [6, 6.07) is 11.6. The lowest BCUT2D eigenvalue weighted by Crippen LogP contribution is -2.53. The van der Waals surface area contributed by atoms with Crippen molar-refractivity contribution in [3.8, 4) is 11.5 Å². The van der Waals surface area contributed by atoms with Crippen LogP contribution >= 0.6 is 34.5 Å². The number of nitrogens with zero attached hydrogens (tertiary/aromatic N) is 3. The highest BCUT2D eigenvalue weighted by Gasteiger charge is 2.38. The summed E-state index contributed by atoms with van der Waals surface area (Å²) in [5, 5.41) is 13.6. The van der Waals surface area contributed by atoms with Gasteiger partial charge >= 0.3 is 18.7 Å². The number of esters is 1. The Morgan fingerprint density at radius 1 is 1.04 bits per heavy atom. The summed E-state index contributed by atoms with van der Waals surface area (Å²) < 4.78 is 64.3. The molecule has 2 aromatic heterocycles. The van der Waals surface area contributed by atoms with Crippen LogP contribution < -0.4 is 19.1 Å². The van der Waals surface area contributed by atoms with E-state index in [-0.39, 0.29) is 57.1 Å². The fraction of sp³-hybridized carbons (Fsp3) is 0.378. The third kappa shape index (κ3) is 9.47. The van der Waals surface area contributed by atoms with E-state index >= 15 is 4.39 Å². The monoisotopic (exact) mass is 793 g/mol. The van der Waals surface area contributed by atoms with E-state index in [2.05, 4.69) is 9.64 Å². The van der Waals surface area contributed by atoms with Gasteiger partial charge in [-0.2, -0.15) is 13.5 Å². The minimum absolute atomic E-state index is 0.0154. The number of thiophene rings is 1. The van der Waals surface area contributed by atoms with Crippen molar-refractivity contribution in [1.29, 1.82) is 0 Å². The number of pyridine rings is 1. The fourth-order valence-corrected chi connectivity index (χ4v) is 7.88. The molecule has 7 rings (SSSR count). The van der Waals surface area contributed by atoms with Gasteiger partial charge in [0, 0.05) is 18.5 Å². The molecule has 282 valence electrons. The van der Waals surface area contributed by atoms with Gasteiger partial charge in [-0.15, -0.1) is 11.3 Å². The van der Waals surface area contributed by atoms with E-state index in [0.29, 0.717) is 28.0 Å². The molecule has 1 amide bonds. The van der Waals surface area contributed by atoms with Crippen LogP contribution in [0.15, 0.2) is 66.3 Å². The number of anilines is 1. The first-order valence-electron chi connectivity index (χ1n) is 16.9. The number of piperidine rings is 3. The lowest BCUT2D eigenvalue weighted by molar-refractivity contribution is -0.605. The number of benzene rings is 2. The molecule has 0 spiro atoms. The van der Waals surface area contributed by atoms with Crippen LogP contribution in [0, 0.1) is 16.9 Å². The molecule has 0 aliphatic carbocycles. The highest BCUT2D eigenvalue weighted by molar-refractivity contribution is 7.12. The number of ether oxygens (including phenoxy) is 4. The summed E-state index contributed by atoms with van der Waals surface area (Å²) in [6.45, 7) is 2.74. The molecule has 0 unspecified atom stereocenters. The summed E-state index contributed by atoms with van der Waals surface area (Å²) in [7, 11) is 0. The molecular formula is C37H36Cl2F3N3O7S. The van der Waals surface area contributed by atoms with E-state index in [1.165, 1.54) is 47.4 Å². The number of aromatic nitrogens is 1. The Labute approximate surface area is 318 Å². The van der Waals surface area contributed by atoms with Crippen molar-refractivity contribution in [3.63, 3.8) is 0 Å². The van der Waals surface area contributed by atoms with Gasteiger partial charge in [0.1, 0.15) is 32.9 Å². The van der Waals surface area contributed by atoms with E-state index in [4.69, 9.17) is 37.4 Å². The summed E-state index contributed by atoms with van der Waals surface area (Å²) in [5.74, 6) is -1.37. The molecule has 0 saturated carbocycles. The van der Waals surface area contributed by atoms with E-state index in [9.17, 15) is 23.6 Å². The summed E-state index contributed by atoms with van der Waals surface area (Å²) >= 11 is 13.8. The molecule has 3 saturated heterocycles. The zero-order chi connectivity index (χ0) is 37.8. The van der Waals surface area contributed by atoms with E-state index < -0.39 is 36.7 Å². The standard InChI is InChI=1S/C37H36Cl2F3N3O7S/c1-21(2)49-32-14-24(7-8-30(32)51-36(41)42)31(15-25-26(38)17-44(48)18-27(25)39)50-35(46)34-13-22(20-53-34)16-45(29-6-4-3-5-28(29)40)37(47)52-33-19-43-11-9-23(33)10-12-43/h3-8,13-14,17-18,20-21,23,31,33,36H,9-12,15-16,19H2,1-2H3/t31-,33-/m0/s1. The van der Waals surface area contributed by atoms with Gasteiger partial charge < -0.3 is 24.2 Å². The predicted octanol–water partition coefficient (Wildman–Crippen LogP) is 8.59. The molecule has 3 aliphatic rings. The van der Waals surface area contributed by atoms with Gasteiger partial charge in [0.25, 0.3) is 0 Å². The van der Waals surface area contributed by atoms with Crippen LogP contribution in [0.4, 0.5) is 23.7 Å². The third-order valence-corrected chi connectivity index (χ3v) is 10.6. The number of carbonyl (C=O) groups excluding carboxylic acids is 2. The molecule has 2 aromatic carbocycles. The number of hydrogen-bond donors (Lipinski definition) is 0. The van der Waals surface area contributed by atoms with E-state index in [1.807, 2.05) is 0 Å². The molecule has 0 radical (unpaired) electrons. The molecule has 10 nitrogen and oxygen atoms in total. The van der Waals surface area contributed by atoms with Crippen molar-refractivity contribution >= 4 is 52.3 Å².